The van der Waals surface area contributed by atoms with Crippen molar-refractivity contribution in [1.82, 2.24) is 0 Å². The molecule has 0 bridgehead atoms. The van der Waals surface area contributed by atoms with E-state index < -0.39 is 0 Å². The Morgan fingerprint density at radius 3 is 2.22 bits per heavy atom. The molecule has 0 aliphatic heterocycles. The SMILES string of the molecule is Cc1cc(-c2ccccc2C2C=Cc3ccccc32)c(O)c(C(C)(C)C)c1. The summed E-state index contributed by atoms with van der Waals surface area (Å²) in [4.78, 5) is 0. The number of benzene rings is 3. The normalized spacial score (nSPS) is 15.8. The molecule has 3 aromatic rings. The summed E-state index contributed by atoms with van der Waals surface area (Å²) < 4.78 is 0. The standard InChI is InChI=1S/C26H26O/c1-17-15-23(25(27)24(16-17)26(2,3)4)21-12-8-7-11-20(21)22-14-13-18-9-5-6-10-19(18)22/h5-16,22,27H,1-4H3. The summed E-state index contributed by atoms with van der Waals surface area (Å²) in [6, 6.07) is 21.2. The Bertz CT molecular complexity index is 1030. The molecule has 1 atom stereocenters. The van der Waals surface area contributed by atoms with Gasteiger partial charge in [-0.05, 0) is 46.2 Å². The molecule has 136 valence electrons. The molecule has 1 aliphatic carbocycles. The number of phenolic OH excluding ortho intramolecular Hbond substituents is 1. The van der Waals surface area contributed by atoms with Crippen molar-refractivity contribution in [3.05, 3.63) is 94.6 Å². The van der Waals surface area contributed by atoms with Crippen molar-refractivity contribution >= 4 is 6.08 Å². The molecule has 1 unspecified atom stereocenters. The van der Waals surface area contributed by atoms with Gasteiger partial charge in [0.2, 0.25) is 0 Å². The Hall–Kier alpha value is -2.80. The van der Waals surface area contributed by atoms with Crippen molar-refractivity contribution in [2.24, 2.45) is 0 Å². The van der Waals surface area contributed by atoms with Gasteiger partial charge in [0.1, 0.15) is 5.75 Å². The van der Waals surface area contributed by atoms with Crippen LogP contribution in [0.5, 0.6) is 5.75 Å². The zero-order chi connectivity index (χ0) is 19.2. The molecule has 1 aliphatic rings. The molecule has 0 heterocycles. The maximum atomic E-state index is 11.1. The lowest BCUT2D eigenvalue weighted by atomic mass is 9.81. The van der Waals surface area contributed by atoms with Crippen LogP contribution >= 0.6 is 0 Å². The third-order valence-electron chi connectivity index (χ3n) is 5.45. The maximum absolute atomic E-state index is 11.1. The van der Waals surface area contributed by atoms with Crippen molar-refractivity contribution in [1.29, 1.82) is 0 Å². The van der Waals surface area contributed by atoms with Crippen LogP contribution in [0.1, 0.15) is 54.5 Å². The lowest BCUT2D eigenvalue weighted by Gasteiger charge is -2.24. The van der Waals surface area contributed by atoms with E-state index in [4.69, 9.17) is 0 Å². The van der Waals surface area contributed by atoms with Gasteiger partial charge >= 0.3 is 0 Å². The van der Waals surface area contributed by atoms with Gasteiger partial charge in [0.05, 0.1) is 0 Å². The van der Waals surface area contributed by atoms with Crippen molar-refractivity contribution in [2.45, 2.75) is 39.0 Å². The van der Waals surface area contributed by atoms with E-state index in [9.17, 15) is 5.11 Å². The van der Waals surface area contributed by atoms with Crippen molar-refractivity contribution in [2.75, 3.05) is 0 Å². The van der Waals surface area contributed by atoms with Crippen LogP contribution in [0.4, 0.5) is 0 Å². The van der Waals surface area contributed by atoms with Gasteiger partial charge in [-0.2, -0.15) is 0 Å². The quantitative estimate of drug-likeness (QED) is 0.535. The van der Waals surface area contributed by atoms with Crippen LogP contribution in [0.15, 0.2) is 66.7 Å². The Labute approximate surface area is 162 Å². The summed E-state index contributed by atoms with van der Waals surface area (Å²) in [6.07, 6.45) is 4.47. The third-order valence-corrected chi connectivity index (χ3v) is 5.45. The Kier molecular flexibility index (Phi) is 4.19. The van der Waals surface area contributed by atoms with Crippen molar-refractivity contribution in [3.63, 3.8) is 0 Å². The van der Waals surface area contributed by atoms with Crippen LogP contribution < -0.4 is 0 Å². The summed E-state index contributed by atoms with van der Waals surface area (Å²) in [5.41, 5.74) is 7.93. The van der Waals surface area contributed by atoms with E-state index in [1.54, 1.807) is 0 Å². The van der Waals surface area contributed by atoms with E-state index in [1.165, 1.54) is 22.3 Å². The minimum atomic E-state index is -0.111. The second-order valence-electron chi connectivity index (χ2n) is 8.51. The van der Waals surface area contributed by atoms with E-state index in [-0.39, 0.29) is 11.3 Å². The van der Waals surface area contributed by atoms with Gasteiger partial charge < -0.3 is 5.11 Å². The molecule has 4 rings (SSSR count). The number of rotatable bonds is 2. The van der Waals surface area contributed by atoms with Crippen LogP contribution in [-0.2, 0) is 5.41 Å². The number of fused-ring (bicyclic) bond motifs is 1. The fraction of sp³-hybridized carbons (Fsp3) is 0.231. The molecule has 0 saturated heterocycles. The molecule has 1 nitrogen and oxygen atoms in total. The molecule has 0 radical (unpaired) electrons. The predicted molar refractivity (Wildman–Crippen MR) is 114 cm³/mol. The summed E-state index contributed by atoms with van der Waals surface area (Å²) in [6.45, 7) is 8.54. The Morgan fingerprint density at radius 1 is 0.815 bits per heavy atom. The highest BCUT2D eigenvalue weighted by atomic mass is 16.3. The van der Waals surface area contributed by atoms with Gasteiger partial charge in [0, 0.05) is 17.0 Å². The highest BCUT2D eigenvalue weighted by Gasteiger charge is 2.25. The highest BCUT2D eigenvalue weighted by Crippen LogP contribution is 2.44. The van der Waals surface area contributed by atoms with E-state index in [0.717, 1.165) is 16.7 Å². The molecule has 0 spiro atoms. The summed E-state index contributed by atoms with van der Waals surface area (Å²) in [5, 5.41) is 11.1. The highest BCUT2D eigenvalue weighted by molar-refractivity contribution is 5.79. The zero-order valence-electron chi connectivity index (χ0n) is 16.5. The number of aryl methyl sites for hydroxylation is 1. The van der Waals surface area contributed by atoms with Gasteiger partial charge in [-0.1, -0.05) is 87.5 Å². The molecule has 1 heteroatoms. The van der Waals surface area contributed by atoms with Gasteiger partial charge in [0.25, 0.3) is 0 Å². The maximum Gasteiger partial charge on any atom is 0.127 e. The Balaban J connectivity index is 1.92. The first kappa shape index (κ1) is 17.6. The van der Waals surface area contributed by atoms with E-state index in [2.05, 4.69) is 101 Å². The first-order valence-electron chi connectivity index (χ1n) is 9.57. The molecule has 0 aromatic heterocycles. The first-order valence-corrected chi connectivity index (χ1v) is 9.57. The summed E-state index contributed by atoms with van der Waals surface area (Å²) >= 11 is 0. The van der Waals surface area contributed by atoms with E-state index in [0.29, 0.717) is 5.75 Å². The Morgan fingerprint density at radius 2 is 1.48 bits per heavy atom. The smallest absolute Gasteiger partial charge is 0.127 e. The second kappa shape index (κ2) is 6.42. The number of phenols is 1. The lowest BCUT2D eigenvalue weighted by molar-refractivity contribution is 0.448. The molecule has 0 amide bonds. The topological polar surface area (TPSA) is 20.2 Å². The minimum absolute atomic E-state index is 0.111. The predicted octanol–water partition coefficient (Wildman–Crippen LogP) is 6.82. The number of aromatic hydroxyl groups is 1. The average molecular weight is 354 g/mol. The third kappa shape index (κ3) is 3.08. The monoisotopic (exact) mass is 354 g/mol. The van der Waals surface area contributed by atoms with Crippen LogP contribution in [0.25, 0.3) is 17.2 Å². The fourth-order valence-corrected chi connectivity index (χ4v) is 4.09. The second-order valence-corrected chi connectivity index (χ2v) is 8.51. The molecule has 27 heavy (non-hydrogen) atoms. The van der Waals surface area contributed by atoms with Crippen LogP contribution in [0.3, 0.4) is 0 Å². The van der Waals surface area contributed by atoms with Crippen LogP contribution in [-0.4, -0.2) is 5.11 Å². The minimum Gasteiger partial charge on any atom is -0.507 e. The zero-order valence-corrected chi connectivity index (χ0v) is 16.5. The van der Waals surface area contributed by atoms with Crippen molar-refractivity contribution < 1.29 is 5.11 Å². The lowest BCUT2D eigenvalue weighted by Crippen LogP contribution is -2.12. The summed E-state index contributed by atoms with van der Waals surface area (Å²) in [5.74, 6) is 0.617. The summed E-state index contributed by atoms with van der Waals surface area (Å²) in [7, 11) is 0. The molecule has 3 aromatic carbocycles. The largest absolute Gasteiger partial charge is 0.507 e. The van der Waals surface area contributed by atoms with Gasteiger partial charge in [-0.15, -0.1) is 0 Å². The number of allylic oxidation sites excluding steroid dienone is 1. The van der Waals surface area contributed by atoms with Crippen LogP contribution in [0, 0.1) is 6.92 Å². The molecular formula is C26H26O. The number of hydrogen-bond acceptors (Lipinski definition) is 1. The van der Waals surface area contributed by atoms with Crippen molar-refractivity contribution in [3.8, 4) is 16.9 Å². The fourth-order valence-electron chi connectivity index (χ4n) is 4.09. The number of hydrogen-bond donors (Lipinski definition) is 1. The average Bonchev–Trinajstić information content (AvgIpc) is 3.06. The molecule has 1 N–H and O–H groups in total. The van der Waals surface area contributed by atoms with Gasteiger partial charge in [0.15, 0.2) is 0 Å². The van der Waals surface area contributed by atoms with Crippen LogP contribution in [0.2, 0.25) is 0 Å². The van der Waals surface area contributed by atoms with E-state index in [1.807, 2.05) is 0 Å². The molecule has 0 fully saturated rings. The van der Waals surface area contributed by atoms with Gasteiger partial charge in [-0.25, -0.2) is 0 Å². The molecular weight excluding hydrogens is 328 g/mol. The first-order chi connectivity index (χ1) is 12.9. The van der Waals surface area contributed by atoms with Gasteiger partial charge in [-0.3, -0.25) is 0 Å². The van der Waals surface area contributed by atoms with E-state index >= 15 is 0 Å². The molecule has 0 saturated carbocycles.